The summed E-state index contributed by atoms with van der Waals surface area (Å²) in [5.74, 6) is -0.0860. The fraction of sp³-hybridized carbons (Fsp3) is 0.320. The van der Waals surface area contributed by atoms with Crippen molar-refractivity contribution in [1.82, 2.24) is 0 Å². The number of rotatable bonds is 4. The van der Waals surface area contributed by atoms with Gasteiger partial charge in [0.05, 0.1) is 38.8 Å². The summed E-state index contributed by atoms with van der Waals surface area (Å²) in [5.41, 5.74) is 1.92. The predicted molar refractivity (Wildman–Crippen MR) is 128 cm³/mol. The second kappa shape index (κ2) is 20.4. The van der Waals surface area contributed by atoms with E-state index in [0.29, 0.717) is 60.3 Å². The first-order valence-corrected chi connectivity index (χ1v) is 11.3. The topological polar surface area (TPSA) is 175 Å². The molecule has 0 aliphatic carbocycles. The molecule has 2 aromatic carbocycles. The van der Waals surface area contributed by atoms with Gasteiger partial charge in [-0.25, -0.2) is 9.59 Å². The van der Waals surface area contributed by atoms with Gasteiger partial charge in [-0.1, -0.05) is 12.1 Å². The van der Waals surface area contributed by atoms with Crippen LogP contribution in [0, 0.1) is 0 Å². The molecule has 0 unspecified atom stereocenters. The van der Waals surface area contributed by atoms with E-state index in [-0.39, 0.29) is 103 Å². The third-order valence-corrected chi connectivity index (χ3v) is 5.25. The van der Waals surface area contributed by atoms with Crippen LogP contribution in [0.15, 0.2) is 36.4 Å². The number of hydrogen-bond acceptors (Lipinski definition) is 11. The van der Waals surface area contributed by atoms with E-state index in [0.717, 1.165) is 25.7 Å². The zero-order valence-electron chi connectivity index (χ0n) is 22.7. The van der Waals surface area contributed by atoms with Crippen LogP contribution in [-0.2, 0) is 19.1 Å². The van der Waals surface area contributed by atoms with Gasteiger partial charge in [0.25, 0.3) is 0 Å². The van der Waals surface area contributed by atoms with Crippen LogP contribution in [-0.4, -0.2) is 71.4 Å². The van der Waals surface area contributed by atoms with Crippen molar-refractivity contribution in [2.45, 2.75) is 12.8 Å². The molecule has 40 heavy (non-hydrogen) atoms. The molecular formula is C25H26K2N2O11. The third-order valence-electron chi connectivity index (χ3n) is 5.25. The molecule has 0 aromatic heterocycles. The summed E-state index contributed by atoms with van der Waals surface area (Å²) in [5, 5.41) is 16.7. The molecule has 13 nitrogen and oxygen atoms in total. The number of amides is 2. The maximum Gasteiger partial charge on any atom is 1.00 e. The molecule has 2 aliphatic rings. The minimum atomic E-state index is -2.33. The molecule has 2 aromatic rings. The van der Waals surface area contributed by atoms with Gasteiger partial charge in [-0.15, -0.1) is 0 Å². The summed E-state index contributed by atoms with van der Waals surface area (Å²) in [4.78, 5) is 56.5. The number of carbonyl (C=O) groups is 5. The number of fused-ring (bicyclic) bond motifs is 2. The van der Waals surface area contributed by atoms with Gasteiger partial charge in [-0.05, 0) is 43.3 Å². The summed E-state index contributed by atoms with van der Waals surface area (Å²) in [6.07, 6.45) is 0.616. The quantitative estimate of drug-likeness (QED) is 0.184. The molecule has 2 aliphatic heterocycles. The van der Waals surface area contributed by atoms with Crippen molar-refractivity contribution in [3.63, 3.8) is 0 Å². The van der Waals surface area contributed by atoms with E-state index < -0.39 is 18.1 Å². The van der Waals surface area contributed by atoms with Crippen molar-refractivity contribution in [2.75, 3.05) is 50.3 Å². The van der Waals surface area contributed by atoms with Crippen LogP contribution in [0.5, 0.6) is 11.5 Å². The van der Waals surface area contributed by atoms with Crippen LogP contribution in [0.4, 0.5) is 16.2 Å². The van der Waals surface area contributed by atoms with E-state index in [2.05, 4.69) is 9.47 Å². The van der Waals surface area contributed by atoms with Crippen molar-refractivity contribution >= 4 is 42.3 Å². The molecule has 2 heterocycles. The summed E-state index contributed by atoms with van der Waals surface area (Å²) >= 11 is 0. The van der Waals surface area contributed by atoms with Crippen LogP contribution in [0.2, 0.25) is 0 Å². The number of methoxy groups -OCH3 is 2. The molecule has 204 valence electrons. The number of hydrogen-bond donors (Lipinski definition) is 0. The van der Waals surface area contributed by atoms with Crippen molar-refractivity contribution in [3.8, 4) is 11.5 Å². The first kappa shape index (κ1) is 38.5. The molecule has 0 radical (unpaired) electrons. The molecule has 0 fully saturated rings. The van der Waals surface area contributed by atoms with Gasteiger partial charge >= 0.3 is 115 Å². The molecule has 0 bridgehead atoms. The van der Waals surface area contributed by atoms with Gasteiger partial charge in [0, 0.05) is 13.1 Å². The number of carboxylic acid groups (broad SMARTS) is 2. The van der Waals surface area contributed by atoms with Crippen molar-refractivity contribution in [1.29, 1.82) is 0 Å². The summed E-state index contributed by atoms with van der Waals surface area (Å²) < 4.78 is 20.4. The Morgan fingerprint density at radius 1 is 0.750 bits per heavy atom. The van der Waals surface area contributed by atoms with Gasteiger partial charge < -0.3 is 43.8 Å². The second-order valence-electron chi connectivity index (χ2n) is 7.54. The van der Waals surface area contributed by atoms with E-state index in [4.69, 9.17) is 24.5 Å². The fourth-order valence-electron chi connectivity index (χ4n) is 3.62. The second-order valence-corrected chi connectivity index (χ2v) is 7.54. The Morgan fingerprint density at radius 2 is 1.10 bits per heavy atom. The van der Waals surface area contributed by atoms with E-state index in [9.17, 15) is 19.2 Å². The molecule has 2 amide bonds. The molecule has 0 N–H and O–H groups in total. The van der Waals surface area contributed by atoms with Gasteiger partial charge in [-0.3, -0.25) is 9.59 Å². The molecule has 0 saturated heterocycles. The minimum absolute atomic E-state index is 0. The van der Waals surface area contributed by atoms with Crippen molar-refractivity contribution in [3.05, 3.63) is 47.5 Å². The first-order valence-electron chi connectivity index (χ1n) is 11.3. The Labute approximate surface area is 315 Å². The number of esters is 2. The Balaban J connectivity index is 0.000000643. The van der Waals surface area contributed by atoms with Crippen LogP contribution >= 0.6 is 0 Å². The van der Waals surface area contributed by atoms with Crippen molar-refractivity contribution < 1.29 is 156 Å². The average Bonchev–Trinajstić information content (AvgIpc) is 3.27. The van der Waals surface area contributed by atoms with E-state index >= 15 is 0 Å². The Morgan fingerprint density at radius 3 is 1.40 bits per heavy atom. The maximum absolute atomic E-state index is 11.6. The number of para-hydroxylation sites is 2. The fourth-order valence-corrected chi connectivity index (χ4v) is 3.62. The Hall–Kier alpha value is -1.54. The van der Waals surface area contributed by atoms with Gasteiger partial charge in [0.2, 0.25) is 12.8 Å². The standard InChI is InChI=1S/2C12H13NO4.CH2O3.2K/c2*1-16-12(15)9-4-2-5-10-11(9)17-7-3-6-13(10)8-14;2-1(3)4;;/h2*2,4-5,8H,3,6-7H2,1H3;(H2,2,3,4);;/q;;;2*+1/p-2. The summed E-state index contributed by atoms with van der Waals surface area (Å²) in [6, 6.07) is 10.2. The average molecular weight is 609 g/mol. The molecular weight excluding hydrogens is 582 g/mol. The van der Waals surface area contributed by atoms with E-state index in [1.165, 1.54) is 24.0 Å². The Kier molecular flexibility index (Phi) is 19.6. The largest absolute Gasteiger partial charge is 1.00 e. The molecule has 0 saturated carbocycles. The number of anilines is 2. The molecule has 0 spiro atoms. The predicted octanol–water partition coefficient (Wildman–Crippen LogP) is -6.00. The van der Waals surface area contributed by atoms with Gasteiger partial charge in [-0.2, -0.15) is 0 Å². The smallest absolute Gasteiger partial charge is 0.652 e. The maximum atomic E-state index is 11.6. The van der Waals surface area contributed by atoms with Crippen molar-refractivity contribution in [2.24, 2.45) is 0 Å². The third kappa shape index (κ3) is 11.0. The van der Waals surface area contributed by atoms with Crippen LogP contribution < -0.4 is 132 Å². The number of nitrogens with zero attached hydrogens (tertiary/aromatic N) is 2. The SMILES string of the molecule is COC(=O)c1cccc2c1OCCCN2C=O.COC(=O)c1cccc2c1OCCCN2C=O.O=C([O-])[O-].[K+].[K+]. The number of carbonyl (C=O) groups excluding carboxylic acids is 5. The number of ether oxygens (including phenoxy) is 4. The van der Waals surface area contributed by atoms with Crippen LogP contribution in [0.1, 0.15) is 33.6 Å². The number of benzene rings is 2. The normalized spacial score (nSPS) is 12.8. The van der Waals surface area contributed by atoms with E-state index in [1.54, 1.807) is 36.4 Å². The van der Waals surface area contributed by atoms with Crippen LogP contribution in [0.3, 0.4) is 0 Å². The van der Waals surface area contributed by atoms with Crippen LogP contribution in [0.25, 0.3) is 0 Å². The Bertz CT molecular complexity index is 1080. The van der Waals surface area contributed by atoms with E-state index in [1.807, 2.05) is 0 Å². The summed E-state index contributed by atoms with van der Waals surface area (Å²) in [7, 11) is 2.63. The monoisotopic (exact) mass is 608 g/mol. The van der Waals surface area contributed by atoms with Gasteiger partial charge in [0.15, 0.2) is 11.5 Å². The molecule has 15 heteroatoms. The zero-order chi connectivity index (χ0) is 28.1. The molecule has 0 atom stereocenters. The molecule has 4 rings (SSSR count). The van der Waals surface area contributed by atoms with Gasteiger partial charge in [0.1, 0.15) is 11.1 Å². The first-order chi connectivity index (χ1) is 18.3. The summed E-state index contributed by atoms with van der Waals surface area (Å²) in [6.45, 7) is 2.12. The zero-order valence-corrected chi connectivity index (χ0v) is 29.0. The minimum Gasteiger partial charge on any atom is -0.652 e.